The minimum Gasteiger partial charge on any atom is -0.475 e. The zero-order valence-electron chi connectivity index (χ0n) is 21.5. The lowest BCUT2D eigenvalue weighted by molar-refractivity contribution is -0.192. The first-order valence-electron chi connectivity index (χ1n) is 13.0. The molecule has 39 heavy (non-hydrogen) atoms. The van der Waals surface area contributed by atoms with Gasteiger partial charge in [0, 0.05) is 43.8 Å². The quantitative estimate of drug-likeness (QED) is 0.597. The number of carboxylic acid groups (broad SMARTS) is 1. The molecule has 2 aromatic rings. The van der Waals surface area contributed by atoms with Gasteiger partial charge in [-0.1, -0.05) is 18.2 Å². The lowest BCUT2D eigenvalue weighted by Gasteiger charge is -2.57. The number of benzene rings is 2. The number of amides is 2. The Balaban J connectivity index is 0.000000448. The third-order valence-electron chi connectivity index (χ3n) is 7.47. The number of hydrogen-bond donors (Lipinski definition) is 1. The van der Waals surface area contributed by atoms with Gasteiger partial charge in [-0.3, -0.25) is 14.5 Å². The number of carbonyl (C=O) groups is 3. The number of likely N-dealkylation sites (tertiary alicyclic amines) is 3. The Bertz CT molecular complexity index is 1150. The van der Waals surface area contributed by atoms with Gasteiger partial charge in [0.25, 0.3) is 5.91 Å². The average molecular weight is 548 g/mol. The zero-order valence-corrected chi connectivity index (χ0v) is 21.5. The van der Waals surface area contributed by atoms with Crippen LogP contribution in [0.25, 0.3) is 0 Å². The van der Waals surface area contributed by atoms with Crippen LogP contribution in [0.1, 0.15) is 42.5 Å². The molecule has 3 fully saturated rings. The second-order valence-electron chi connectivity index (χ2n) is 10.1. The summed E-state index contributed by atoms with van der Waals surface area (Å²) in [5.74, 6) is -0.953. The van der Waals surface area contributed by atoms with Crippen LogP contribution in [0.3, 0.4) is 0 Å². The number of rotatable bonds is 5. The van der Waals surface area contributed by atoms with Crippen molar-refractivity contribution in [2.45, 2.75) is 43.8 Å². The third-order valence-corrected chi connectivity index (χ3v) is 7.47. The first-order valence-corrected chi connectivity index (χ1v) is 13.0. The molecule has 3 aliphatic rings. The molecule has 2 amide bonds. The molecule has 1 N–H and O–H groups in total. The highest BCUT2D eigenvalue weighted by atomic mass is 19.4. The van der Waals surface area contributed by atoms with E-state index in [9.17, 15) is 22.8 Å². The zero-order chi connectivity index (χ0) is 28.0. The Morgan fingerprint density at radius 2 is 1.41 bits per heavy atom. The third kappa shape index (κ3) is 7.08. The fraction of sp³-hybridized carbons (Fsp3) is 0.464. The number of piperidine rings is 1. The van der Waals surface area contributed by atoms with Crippen LogP contribution in [0.2, 0.25) is 0 Å². The van der Waals surface area contributed by atoms with Crippen molar-refractivity contribution in [3.63, 3.8) is 0 Å². The van der Waals surface area contributed by atoms with Gasteiger partial charge in [0.15, 0.2) is 0 Å². The van der Waals surface area contributed by atoms with E-state index in [1.165, 1.54) is 0 Å². The van der Waals surface area contributed by atoms with Crippen LogP contribution in [0.5, 0.6) is 11.5 Å². The van der Waals surface area contributed by atoms with Gasteiger partial charge in [-0.05, 0) is 68.5 Å². The summed E-state index contributed by atoms with van der Waals surface area (Å²) in [5.41, 5.74) is 0.654. The molecule has 0 saturated carbocycles. The van der Waals surface area contributed by atoms with Crippen LogP contribution < -0.4 is 4.74 Å². The van der Waals surface area contributed by atoms with E-state index < -0.39 is 12.1 Å². The number of nitrogens with zero attached hydrogens (tertiary/aromatic N) is 3. The average Bonchev–Trinajstić information content (AvgIpc) is 3.47. The van der Waals surface area contributed by atoms with Crippen LogP contribution >= 0.6 is 0 Å². The van der Waals surface area contributed by atoms with E-state index in [1.807, 2.05) is 64.4 Å². The van der Waals surface area contributed by atoms with Crippen molar-refractivity contribution in [2.24, 2.45) is 0 Å². The van der Waals surface area contributed by atoms with E-state index in [2.05, 4.69) is 4.90 Å². The molecule has 3 saturated heterocycles. The lowest BCUT2D eigenvalue weighted by Crippen LogP contribution is -2.68. The molecule has 3 aliphatic heterocycles. The van der Waals surface area contributed by atoms with E-state index in [0.29, 0.717) is 24.4 Å². The van der Waals surface area contributed by atoms with Crippen molar-refractivity contribution in [3.8, 4) is 11.5 Å². The van der Waals surface area contributed by atoms with Crippen molar-refractivity contribution in [2.75, 3.05) is 39.3 Å². The fourth-order valence-corrected chi connectivity index (χ4v) is 5.28. The largest absolute Gasteiger partial charge is 0.490 e. The first kappa shape index (κ1) is 28.4. The highest BCUT2D eigenvalue weighted by Gasteiger charge is 2.48. The molecule has 8 nitrogen and oxygen atoms in total. The van der Waals surface area contributed by atoms with Gasteiger partial charge >= 0.3 is 12.1 Å². The number of halogens is 3. The minimum atomic E-state index is -5.08. The van der Waals surface area contributed by atoms with Gasteiger partial charge in [0.2, 0.25) is 5.91 Å². The number of aliphatic carboxylic acids is 1. The summed E-state index contributed by atoms with van der Waals surface area (Å²) < 4.78 is 37.6. The molecule has 5 rings (SSSR count). The molecule has 210 valence electrons. The summed E-state index contributed by atoms with van der Waals surface area (Å²) in [5, 5.41) is 7.12. The second kappa shape index (κ2) is 12.1. The maximum Gasteiger partial charge on any atom is 0.490 e. The molecule has 1 atom stereocenters. The standard InChI is InChI=1S/C26H31N3O3.C2HF3O2/c30-24(27-15-4-5-16-27)19-29-18-14-26(29)13-6-17-28(20-26)25(31)21-9-11-23(12-10-21)32-22-7-2-1-3-8-22;3-2(4,5)1(6)7/h1-3,7-12H,4-6,13-20H2;(H,6,7). The summed E-state index contributed by atoms with van der Waals surface area (Å²) in [6.45, 7) is 4.72. The summed E-state index contributed by atoms with van der Waals surface area (Å²) in [4.78, 5) is 41.1. The maximum absolute atomic E-state index is 13.2. The molecule has 3 heterocycles. The van der Waals surface area contributed by atoms with Gasteiger partial charge in [-0.25, -0.2) is 4.79 Å². The predicted octanol–water partition coefficient (Wildman–Crippen LogP) is 4.42. The van der Waals surface area contributed by atoms with Gasteiger partial charge in [-0.2, -0.15) is 13.2 Å². The van der Waals surface area contributed by atoms with Crippen LogP contribution in [0, 0.1) is 0 Å². The van der Waals surface area contributed by atoms with Crippen LogP contribution in [-0.2, 0) is 9.59 Å². The van der Waals surface area contributed by atoms with Gasteiger partial charge in [-0.15, -0.1) is 0 Å². The summed E-state index contributed by atoms with van der Waals surface area (Å²) >= 11 is 0. The van der Waals surface area contributed by atoms with Crippen LogP contribution in [0.4, 0.5) is 13.2 Å². The number of alkyl halides is 3. The number of para-hydroxylation sites is 1. The highest BCUT2D eigenvalue weighted by Crippen LogP contribution is 2.39. The predicted molar refractivity (Wildman–Crippen MR) is 137 cm³/mol. The van der Waals surface area contributed by atoms with Gasteiger partial charge in [0.05, 0.1) is 6.54 Å². The van der Waals surface area contributed by atoms with Crippen molar-refractivity contribution in [1.82, 2.24) is 14.7 Å². The van der Waals surface area contributed by atoms with Crippen molar-refractivity contribution < 1.29 is 37.4 Å². The molecule has 0 bridgehead atoms. The Kier molecular flexibility index (Phi) is 8.79. The second-order valence-corrected chi connectivity index (χ2v) is 10.1. The van der Waals surface area contributed by atoms with Crippen LogP contribution in [0.15, 0.2) is 54.6 Å². The summed E-state index contributed by atoms with van der Waals surface area (Å²) in [6.07, 6.45) is 0.264. The van der Waals surface area contributed by atoms with Gasteiger partial charge in [0.1, 0.15) is 11.5 Å². The molecule has 0 aliphatic carbocycles. The van der Waals surface area contributed by atoms with E-state index in [-0.39, 0.29) is 17.4 Å². The number of hydrogen-bond acceptors (Lipinski definition) is 5. The van der Waals surface area contributed by atoms with Gasteiger partial charge < -0.3 is 19.6 Å². The monoisotopic (exact) mass is 547 g/mol. The van der Waals surface area contributed by atoms with Crippen molar-refractivity contribution in [1.29, 1.82) is 0 Å². The summed E-state index contributed by atoms with van der Waals surface area (Å²) in [6, 6.07) is 17.0. The minimum absolute atomic E-state index is 0.0281. The van der Waals surface area contributed by atoms with E-state index in [4.69, 9.17) is 14.6 Å². The fourth-order valence-electron chi connectivity index (χ4n) is 5.28. The Morgan fingerprint density at radius 1 is 0.821 bits per heavy atom. The number of carboxylic acids is 1. The molecule has 0 aromatic heterocycles. The van der Waals surface area contributed by atoms with Crippen molar-refractivity contribution >= 4 is 17.8 Å². The van der Waals surface area contributed by atoms with Crippen molar-refractivity contribution in [3.05, 3.63) is 60.2 Å². The highest BCUT2D eigenvalue weighted by molar-refractivity contribution is 5.94. The topological polar surface area (TPSA) is 90.4 Å². The number of ether oxygens (including phenoxy) is 1. The molecular weight excluding hydrogens is 515 g/mol. The van der Waals surface area contributed by atoms with E-state index in [0.717, 1.165) is 64.0 Å². The Hall–Kier alpha value is -3.60. The summed E-state index contributed by atoms with van der Waals surface area (Å²) in [7, 11) is 0. The smallest absolute Gasteiger partial charge is 0.475 e. The molecule has 11 heteroatoms. The normalized spacial score (nSPS) is 21.1. The Morgan fingerprint density at radius 3 is 1.97 bits per heavy atom. The molecule has 1 spiro atoms. The van der Waals surface area contributed by atoms with E-state index >= 15 is 0 Å². The Labute approximate surface area is 224 Å². The molecule has 1 unspecified atom stereocenters. The van der Waals surface area contributed by atoms with E-state index in [1.54, 1.807) is 0 Å². The molecular formula is C28H32F3N3O5. The molecule has 2 aromatic carbocycles. The number of carbonyl (C=O) groups excluding carboxylic acids is 2. The van der Waals surface area contributed by atoms with Crippen LogP contribution in [-0.4, -0.2) is 88.6 Å². The lowest BCUT2D eigenvalue weighted by atomic mass is 9.77. The maximum atomic E-state index is 13.2. The SMILES string of the molecule is O=C(CN1CCC12CCCN(C(=O)c1ccc(Oc3ccccc3)cc1)C2)N1CCCC1.O=C(O)C(F)(F)F. The molecule has 0 radical (unpaired) electrons. The first-order chi connectivity index (χ1) is 18.6.